The first kappa shape index (κ1) is 25.0. The average molecular weight is 426 g/mol. The van der Waals surface area contributed by atoms with Crippen molar-refractivity contribution in [3.8, 4) is 0 Å². The van der Waals surface area contributed by atoms with Gasteiger partial charge in [0.1, 0.15) is 11.6 Å². The molecule has 0 saturated heterocycles. The number of hydrogen-bond acceptors (Lipinski definition) is 5. The van der Waals surface area contributed by atoms with Gasteiger partial charge < -0.3 is 20.6 Å². The van der Waals surface area contributed by atoms with Gasteiger partial charge in [0.05, 0.1) is 5.60 Å². The first-order valence-electron chi connectivity index (χ1n) is 9.37. The van der Waals surface area contributed by atoms with E-state index < -0.39 is 11.6 Å². The summed E-state index contributed by atoms with van der Waals surface area (Å²) in [5, 5.41) is 18.2. The van der Waals surface area contributed by atoms with Crippen LogP contribution < -0.4 is 16.2 Å². The van der Waals surface area contributed by atoms with Gasteiger partial charge in [-0.15, -0.1) is 0 Å². The molecular weight excluding hydrogens is 393 g/mol. The van der Waals surface area contributed by atoms with E-state index in [4.69, 9.17) is 15.3 Å². The first-order chi connectivity index (χ1) is 13.3. The number of furan rings is 1. The predicted octanol–water partition coefficient (Wildman–Crippen LogP) is 5.34. The van der Waals surface area contributed by atoms with Crippen molar-refractivity contribution in [1.82, 2.24) is 0 Å². The van der Waals surface area contributed by atoms with Gasteiger partial charge in [0.15, 0.2) is 5.09 Å². The Kier molecular flexibility index (Phi) is 8.74. The Morgan fingerprint density at radius 2 is 1.66 bits per heavy atom. The van der Waals surface area contributed by atoms with E-state index >= 15 is 0 Å². The Morgan fingerprint density at radius 1 is 1.17 bits per heavy atom. The maximum atomic E-state index is 13.5. The van der Waals surface area contributed by atoms with Crippen LogP contribution in [0.2, 0.25) is 0 Å². The van der Waals surface area contributed by atoms with Gasteiger partial charge >= 0.3 is 6.03 Å². The quantitative estimate of drug-likeness (QED) is 0.482. The molecule has 1 aromatic heterocycles. The van der Waals surface area contributed by atoms with E-state index in [-0.39, 0.29) is 17.7 Å². The Labute approximate surface area is 176 Å². The van der Waals surface area contributed by atoms with Gasteiger partial charge in [-0.3, -0.25) is 5.14 Å². The topological polar surface area (TPSA) is 115 Å². The SMILES string of the molecule is CC(C)c1cc(F)cc(C(C)C)c1NC(N)=O.Cc1oc(SN)cc1C(C)(C)O. The van der Waals surface area contributed by atoms with Gasteiger partial charge in [0, 0.05) is 11.3 Å². The minimum Gasteiger partial charge on any atom is -0.453 e. The monoisotopic (exact) mass is 425 g/mol. The fraction of sp³-hybridized carbons (Fsp3) is 0.476. The molecule has 0 radical (unpaired) electrons. The summed E-state index contributed by atoms with van der Waals surface area (Å²) < 4.78 is 18.8. The number of carbonyl (C=O) groups excluding carboxylic acids is 1. The van der Waals surface area contributed by atoms with E-state index in [2.05, 4.69) is 5.32 Å². The van der Waals surface area contributed by atoms with Gasteiger partial charge in [0.2, 0.25) is 0 Å². The number of amides is 2. The molecule has 0 bridgehead atoms. The highest BCUT2D eigenvalue weighted by Gasteiger charge is 2.22. The zero-order valence-electron chi connectivity index (χ0n) is 18.1. The molecule has 29 heavy (non-hydrogen) atoms. The second kappa shape index (κ2) is 10.1. The van der Waals surface area contributed by atoms with Crippen LogP contribution in [0.4, 0.5) is 14.9 Å². The second-order valence-electron chi connectivity index (χ2n) is 7.97. The second-order valence-corrected chi connectivity index (χ2v) is 8.61. The smallest absolute Gasteiger partial charge is 0.316 e. The molecule has 8 heteroatoms. The third-order valence-electron chi connectivity index (χ3n) is 4.33. The molecule has 6 N–H and O–H groups in total. The van der Waals surface area contributed by atoms with Crippen molar-refractivity contribution in [3.05, 3.63) is 46.5 Å². The number of rotatable bonds is 5. The summed E-state index contributed by atoms with van der Waals surface area (Å²) in [6.07, 6.45) is 0. The molecule has 1 heterocycles. The Balaban J connectivity index is 0.000000308. The standard InChI is InChI=1S/C13H19FN2O.C8H13NO2S/c1-7(2)10-5-9(14)6-11(8(3)4)12(10)16-13(15)17;1-5-6(8(2,3)10)4-7(11-5)12-9/h5-8H,1-4H3,(H3,15,16,17);4,10H,9H2,1-3H3. The molecule has 0 spiro atoms. The highest BCUT2D eigenvalue weighted by Crippen LogP contribution is 2.33. The minimum atomic E-state index is -0.860. The third-order valence-corrected chi connectivity index (χ3v) is 4.76. The number of carbonyl (C=O) groups is 1. The number of urea groups is 1. The first-order valence-corrected chi connectivity index (χ1v) is 10.3. The van der Waals surface area contributed by atoms with Crippen LogP contribution in [0.15, 0.2) is 27.7 Å². The molecule has 0 unspecified atom stereocenters. The van der Waals surface area contributed by atoms with Crippen molar-refractivity contribution in [2.75, 3.05) is 5.32 Å². The molecule has 0 atom stereocenters. The van der Waals surface area contributed by atoms with E-state index in [0.717, 1.165) is 34.4 Å². The average Bonchev–Trinajstić information content (AvgIpc) is 2.97. The van der Waals surface area contributed by atoms with Gasteiger partial charge in [-0.05, 0) is 73.9 Å². The van der Waals surface area contributed by atoms with Gasteiger partial charge in [0.25, 0.3) is 0 Å². The number of aryl methyl sites for hydroxylation is 1. The molecule has 162 valence electrons. The Hall–Kier alpha value is -2.03. The van der Waals surface area contributed by atoms with E-state index in [1.165, 1.54) is 12.1 Å². The molecule has 6 nitrogen and oxygen atoms in total. The Bertz CT molecular complexity index is 813. The van der Waals surface area contributed by atoms with Crippen LogP contribution in [-0.2, 0) is 5.60 Å². The highest BCUT2D eigenvalue weighted by atomic mass is 32.2. The molecule has 0 saturated carbocycles. The summed E-state index contributed by atoms with van der Waals surface area (Å²) >= 11 is 1.04. The van der Waals surface area contributed by atoms with Gasteiger partial charge in [-0.2, -0.15) is 0 Å². The van der Waals surface area contributed by atoms with Crippen LogP contribution in [0.25, 0.3) is 0 Å². The van der Waals surface area contributed by atoms with Gasteiger partial charge in [-0.25, -0.2) is 9.18 Å². The molecule has 0 fully saturated rings. The largest absolute Gasteiger partial charge is 0.453 e. The zero-order chi connectivity index (χ0) is 22.5. The number of benzene rings is 1. The van der Waals surface area contributed by atoms with E-state index in [1.807, 2.05) is 34.6 Å². The number of anilines is 1. The van der Waals surface area contributed by atoms with E-state index in [9.17, 15) is 14.3 Å². The molecule has 0 aliphatic heterocycles. The lowest BCUT2D eigenvalue weighted by Gasteiger charge is -2.19. The van der Waals surface area contributed by atoms with Crippen LogP contribution in [0.3, 0.4) is 0 Å². The van der Waals surface area contributed by atoms with Crippen LogP contribution >= 0.6 is 11.9 Å². The van der Waals surface area contributed by atoms with E-state index in [1.54, 1.807) is 19.9 Å². The number of nitrogens with two attached hydrogens (primary N) is 2. The summed E-state index contributed by atoms with van der Waals surface area (Å²) in [5.41, 5.74) is 7.27. The summed E-state index contributed by atoms with van der Waals surface area (Å²) in [6.45, 7) is 13.0. The lowest BCUT2D eigenvalue weighted by molar-refractivity contribution is 0.0769. The molecule has 1 aromatic carbocycles. The van der Waals surface area contributed by atoms with Crippen LogP contribution in [-0.4, -0.2) is 11.1 Å². The fourth-order valence-corrected chi connectivity index (χ4v) is 3.31. The highest BCUT2D eigenvalue weighted by molar-refractivity contribution is 7.96. The molecule has 2 aromatic rings. The summed E-state index contributed by atoms with van der Waals surface area (Å²) in [4.78, 5) is 11.0. The maximum Gasteiger partial charge on any atom is 0.316 e. The van der Waals surface area contributed by atoms with Crippen molar-refractivity contribution in [1.29, 1.82) is 0 Å². The summed E-state index contributed by atoms with van der Waals surface area (Å²) in [6, 6.07) is 4.03. The maximum absolute atomic E-state index is 13.5. The number of primary amides is 1. The predicted molar refractivity (Wildman–Crippen MR) is 117 cm³/mol. The van der Waals surface area contributed by atoms with Crippen molar-refractivity contribution in [3.63, 3.8) is 0 Å². The minimum absolute atomic E-state index is 0.116. The molecule has 0 aliphatic carbocycles. The van der Waals surface area contributed by atoms with Crippen molar-refractivity contribution in [2.45, 2.75) is 71.0 Å². The zero-order valence-corrected chi connectivity index (χ0v) is 18.9. The van der Waals surface area contributed by atoms with Crippen LogP contribution in [0.5, 0.6) is 0 Å². The molecule has 0 aliphatic rings. The number of nitrogens with one attached hydrogen (secondary N) is 1. The lowest BCUT2D eigenvalue weighted by Crippen LogP contribution is -2.22. The third kappa shape index (κ3) is 7.06. The van der Waals surface area contributed by atoms with Gasteiger partial charge in [-0.1, -0.05) is 27.7 Å². The van der Waals surface area contributed by atoms with Crippen LogP contribution in [0.1, 0.15) is 75.8 Å². The fourth-order valence-electron chi connectivity index (χ4n) is 2.95. The van der Waals surface area contributed by atoms with Crippen LogP contribution in [0, 0.1) is 12.7 Å². The van der Waals surface area contributed by atoms with Crippen molar-refractivity contribution < 1.29 is 18.7 Å². The summed E-state index contributed by atoms with van der Waals surface area (Å²) in [5.74, 6) is 0.665. The summed E-state index contributed by atoms with van der Waals surface area (Å²) in [7, 11) is 0. The number of aliphatic hydroxyl groups is 1. The van der Waals surface area contributed by atoms with E-state index in [0.29, 0.717) is 10.8 Å². The number of halogens is 1. The van der Waals surface area contributed by atoms with Crippen molar-refractivity contribution >= 4 is 23.7 Å². The normalized spacial score (nSPS) is 11.4. The molecule has 2 amide bonds. The molecular formula is C21H32FN3O3S. The number of hydrogen-bond donors (Lipinski definition) is 4. The molecule has 2 rings (SSSR count). The Morgan fingerprint density at radius 3 is 1.93 bits per heavy atom. The van der Waals surface area contributed by atoms with Crippen molar-refractivity contribution in [2.24, 2.45) is 10.9 Å². The lowest BCUT2D eigenvalue weighted by atomic mass is 9.92.